The van der Waals surface area contributed by atoms with Gasteiger partial charge in [0.2, 0.25) is 11.8 Å². The molecular formula is C14H17N3O2. The molecule has 2 unspecified atom stereocenters. The van der Waals surface area contributed by atoms with E-state index in [2.05, 4.69) is 11.9 Å². The quantitative estimate of drug-likeness (QED) is 0.818. The predicted octanol–water partition coefficient (Wildman–Crippen LogP) is 1.59. The molecule has 1 aliphatic carbocycles. The SMILES string of the molecule is CCC1CC2C(=O)N(c3ccc(N)cn3)C(=O)C2C1. The third-order valence-electron chi connectivity index (χ3n) is 4.31. The summed E-state index contributed by atoms with van der Waals surface area (Å²) in [5, 5.41) is 0. The van der Waals surface area contributed by atoms with Gasteiger partial charge in [-0.15, -0.1) is 0 Å². The van der Waals surface area contributed by atoms with Gasteiger partial charge in [0.15, 0.2) is 0 Å². The third kappa shape index (κ3) is 1.80. The van der Waals surface area contributed by atoms with Crippen molar-refractivity contribution < 1.29 is 9.59 Å². The van der Waals surface area contributed by atoms with Crippen molar-refractivity contribution in [3.63, 3.8) is 0 Å². The standard InChI is InChI=1S/C14H17N3O2/c1-2-8-5-10-11(6-8)14(19)17(13(10)18)12-4-3-9(15)7-16-12/h3-4,7-8,10-11H,2,5-6,15H2,1H3. The molecule has 0 aromatic carbocycles. The number of nitrogens with two attached hydrogens (primary N) is 1. The van der Waals surface area contributed by atoms with Crippen LogP contribution in [-0.4, -0.2) is 16.8 Å². The van der Waals surface area contributed by atoms with Crippen LogP contribution < -0.4 is 10.6 Å². The summed E-state index contributed by atoms with van der Waals surface area (Å²) in [6.45, 7) is 2.11. The van der Waals surface area contributed by atoms with Gasteiger partial charge >= 0.3 is 0 Å². The van der Waals surface area contributed by atoms with Crippen molar-refractivity contribution in [1.29, 1.82) is 0 Å². The minimum atomic E-state index is -0.142. The number of pyridine rings is 1. The zero-order valence-electron chi connectivity index (χ0n) is 10.9. The van der Waals surface area contributed by atoms with Crippen molar-refractivity contribution in [3.8, 4) is 0 Å². The van der Waals surface area contributed by atoms with Gasteiger partial charge in [-0.25, -0.2) is 9.88 Å². The fourth-order valence-electron chi connectivity index (χ4n) is 3.22. The number of amides is 2. The summed E-state index contributed by atoms with van der Waals surface area (Å²) in [5.41, 5.74) is 6.09. The highest BCUT2D eigenvalue weighted by atomic mass is 16.2. The molecule has 0 spiro atoms. The molecule has 2 heterocycles. The Hall–Kier alpha value is -1.91. The number of nitrogen functional groups attached to an aromatic ring is 1. The van der Waals surface area contributed by atoms with Crippen LogP contribution in [0.25, 0.3) is 0 Å². The summed E-state index contributed by atoms with van der Waals surface area (Å²) in [6.07, 6.45) is 4.17. The van der Waals surface area contributed by atoms with E-state index in [1.165, 1.54) is 11.1 Å². The summed E-state index contributed by atoms with van der Waals surface area (Å²) in [5.74, 6) is 0.427. The number of rotatable bonds is 2. The minimum Gasteiger partial charge on any atom is -0.397 e. The number of imide groups is 1. The summed E-state index contributed by atoms with van der Waals surface area (Å²) in [6, 6.07) is 3.29. The molecule has 1 aliphatic heterocycles. The van der Waals surface area contributed by atoms with Crippen molar-refractivity contribution in [2.24, 2.45) is 17.8 Å². The highest BCUT2D eigenvalue weighted by Crippen LogP contribution is 2.45. The average molecular weight is 259 g/mol. The van der Waals surface area contributed by atoms with Crippen LogP contribution in [0, 0.1) is 17.8 Å². The molecule has 1 aromatic rings. The normalized spacial score (nSPS) is 29.9. The van der Waals surface area contributed by atoms with E-state index in [9.17, 15) is 9.59 Å². The number of carbonyl (C=O) groups is 2. The van der Waals surface area contributed by atoms with Crippen LogP contribution in [0.1, 0.15) is 26.2 Å². The molecule has 100 valence electrons. The Morgan fingerprint density at radius 2 is 1.89 bits per heavy atom. The van der Waals surface area contributed by atoms with Gasteiger partial charge in [-0.2, -0.15) is 0 Å². The lowest BCUT2D eigenvalue weighted by Crippen LogP contribution is -2.32. The van der Waals surface area contributed by atoms with Crippen molar-refractivity contribution >= 4 is 23.3 Å². The highest BCUT2D eigenvalue weighted by Gasteiger charge is 2.53. The first-order valence-electron chi connectivity index (χ1n) is 6.71. The molecule has 0 bridgehead atoms. The van der Waals surface area contributed by atoms with E-state index >= 15 is 0 Å². The van der Waals surface area contributed by atoms with E-state index in [0.29, 0.717) is 17.4 Å². The highest BCUT2D eigenvalue weighted by molar-refractivity contribution is 6.21. The Morgan fingerprint density at radius 3 is 2.37 bits per heavy atom. The summed E-state index contributed by atoms with van der Waals surface area (Å²) in [7, 11) is 0. The largest absolute Gasteiger partial charge is 0.397 e. The minimum absolute atomic E-state index is 0.0942. The van der Waals surface area contributed by atoms with Gasteiger partial charge in [0.05, 0.1) is 23.7 Å². The van der Waals surface area contributed by atoms with Crippen LogP contribution in [0.3, 0.4) is 0 Å². The molecule has 5 nitrogen and oxygen atoms in total. The van der Waals surface area contributed by atoms with E-state index in [1.54, 1.807) is 12.1 Å². The van der Waals surface area contributed by atoms with Crippen LogP contribution in [-0.2, 0) is 9.59 Å². The Labute approximate surface area is 111 Å². The van der Waals surface area contributed by atoms with E-state index in [-0.39, 0.29) is 23.7 Å². The second-order valence-corrected chi connectivity index (χ2v) is 5.42. The lowest BCUT2D eigenvalue weighted by Gasteiger charge is -2.16. The number of fused-ring (bicyclic) bond motifs is 1. The fraction of sp³-hybridized carbons (Fsp3) is 0.500. The van der Waals surface area contributed by atoms with Crippen molar-refractivity contribution in [1.82, 2.24) is 4.98 Å². The smallest absolute Gasteiger partial charge is 0.238 e. The van der Waals surface area contributed by atoms with Gasteiger partial charge < -0.3 is 5.73 Å². The topological polar surface area (TPSA) is 76.3 Å². The van der Waals surface area contributed by atoms with E-state index in [1.807, 2.05) is 0 Å². The lowest BCUT2D eigenvalue weighted by atomic mass is 10.00. The van der Waals surface area contributed by atoms with Gasteiger partial charge in [-0.3, -0.25) is 9.59 Å². The molecule has 1 aromatic heterocycles. The van der Waals surface area contributed by atoms with Gasteiger partial charge in [0.1, 0.15) is 5.82 Å². The molecule has 2 amide bonds. The second kappa shape index (κ2) is 4.33. The van der Waals surface area contributed by atoms with Gasteiger partial charge in [-0.05, 0) is 30.9 Å². The Morgan fingerprint density at radius 1 is 1.26 bits per heavy atom. The van der Waals surface area contributed by atoms with Gasteiger partial charge in [0, 0.05) is 0 Å². The van der Waals surface area contributed by atoms with Crippen LogP contribution in [0.2, 0.25) is 0 Å². The van der Waals surface area contributed by atoms with Crippen LogP contribution >= 0.6 is 0 Å². The van der Waals surface area contributed by atoms with Crippen molar-refractivity contribution in [3.05, 3.63) is 18.3 Å². The molecule has 1 saturated carbocycles. The third-order valence-corrected chi connectivity index (χ3v) is 4.31. The van der Waals surface area contributed by atoms with Crippen molar-refractivity contribution in [2.45, 2.75) is 26.2 Å². The molecule has 2 atom stereocenters. The summed E-state index contributed by atoms with van der Waals surface area (Å²) >= 11 is 0. The second-order valence-electron chi connectivity index (χ2n) is 5.42. The Kier molecular flexibility index (Phi) is 2.77. The maximum atomic E-state index is 12.4. The zero-order valence-corrected chi connectivity index (χ0v) is 10.9. The molecule has 2 fully saturated rings. The Bertz CT molecular complexity index is 502. The van der Waals surface area contributed by atoms with E-state index < -0.39 is 0 Å². The molecule has 3 rings (SSSR count). The number of nitrogens with zero attached hydrogens (tertiary/aromatic N) is 2. The molecule has 5 heteroatoms. The first-order chi connectivity index (χ1) is 9.11. The maximum Gasteiger partial charge on any atom is 0.238 e. The Balaban J connectivity index is 1.88. The molecule has 19 heavy (non-hydrogen) atoms. The predicted molar refractivity (Wildman–Crippen MR) is 71.1 cm³/mol. The molecular weight excluding hydrogens is 242 g/mol. The van der Waals surface area contributed by atoms with Crippen LogP contribution in [0.15, 0.2) is 18.3 Å². The summed E-state index contributed by atoms with van der Waals surface area (Å²) < 4.78 is 0. The zero-order chi connectivity index (χ0) is 13.6. The maximum absolute atomic E-state index is 12.4. The average Bonchev–Trinajstić information content (AvgIpc) is 2.93. The number of aromatic nitrogens is 1. The van der Waals surface area contributed by atoms with Gasteiger partial charge in [-0.1, -0.05) is 13.3 Å². The van der Waals surface area contributed by atoms with Crippen LogP contribution in [0.4, 0.5) is 11.5 Å². The van der Waals surface area contributed by atoms with Crippen LogP contribution in [0.5, 0.6) is 0 Å². The monoisotopic (exact) mass is 259 g/mol. The van der Waals surface area contributed by atoms with E-state index in [4.69, 9.17) is 5.73 Å². The van der Waals surface area contributed by atoms with E-state index in [0.717, 1.165) is 19.3 Å². The first kappa shape index (κ1) is 12.1. The van der Waals surface area contributed by atoms with Gasteiger partial charge in [0.25, 0.3) is 0 Å². The number of carbonyl (C=O) groups excluding carboxylic acids is 2. The first-order valence-corrected chi connectivity index (χ1v) is 6.71. The fourth-order valence-corrected chi connectivity index (χ4v) is 3.22. The number of hydrogen-bond donors (Lipinski definition) is 1. The molecule has 0 radical (unpaired) electrons. The van der Waals surface area contributed by atoms with Crippen molar-refractivity contribution in [2.75, 3.05) is 10.6 Å². The molecule has 1 saturated heterocycles. The molecule has 2 aliphatic rings. The lowest BCUT2D eigenvalue weighted by molar-refractivity contribution is -0.123. The number of hydrogen-bond acceptors (Lipinski definition) is 4. The summed E-state index contributed by atoms with van der Waals surface area (Å²) in [4.78, 5) is 30.1. The number of anilines is 2. The molecule has 2 N–H and O–H groups in total.